The van der Waals surface area contributed by atoms with Gasteiger partial charge in [0.25, 0.3) is 0 Å². The molecule has 4 rings (SSSR count). The van der Waals surface area contributed by atoms with Crippen molar-refractivity contribution in [1.29, 1.82) is 0 Å². The molecule has 0 aromatic rings. The van der Waals surface area contributed by atoms with Gasteiger partial charge in [0.15, 0.2) is 0 Å². The number of ketones is 1. The molecule has 4 aliphatic carbocycles. The Labute approximate surface area is 155 Å². The first kappa shape index (κ1) is 18.1. The molecule has 0 spiro atoms. The van der Waals surface area contributed by atoms with E-state index in [1.807, 2.05) is 6.92 Å². The molecule has 142 valence electrons. The molecule has 0 unspecified atom stereocenters. The smallest absolute Gasteiger partial charge is 0.133 e. The quantitative estimate of drug-likeness (QED) is 0.560. The molecule has 0 aromatic heterocycles. The lowest BCUT2D eigenvalue weighted by atomic mass is 9.44. The molecule has 25 heavy (non-hydrogen) atoms. The van der Waals surface area contributed by atoms with Gasteiger partial charge in [0, 0.05) is 5.92 Å². The fourth-order valence-electron chi connectivity index (χ4n) is 8.48. The third kappa shape index (κ3) is 3.02. The van der Waals surface area contributed by atoms with E-state index in [0.29, 0.717) is 17.1 Å². The van der Waals surface area contributed by atoms with Crippen LogP contribution in [0.15, 0.2) is 0 Å². The predicted molar refractivity (Wildman–Crippen MR) is 104 cm³/mol. The average molecular weight is 345 g/mol. The zero-order valence-electron chi connectivity index (χ0n) is 16.9. The molecule has 4 aliphatic rings. The van der Waals surface area contributed by atoms with Crippen molar-refractivity contribution in [2.24, 2.45) is 46.8 Å². The third-order valence-electron chi connectivity index (χ3n) is 9.49. The minimum absolute atomic E-state index is 0.331. The number of hydrogen-bond donors (Lipinski definition) is 0. The van der Waals surface area contributed by atoms with Crippen LogP contribution in [0.4, 0.5) is 0 Å². The summed E-state index contributed by atoms with van der Waals surface area (Å²) in [5.74, 6) is 6.77. The van der Waals surface area contributed by atoms with Crippen molar-refractivity contribution in [3.8, 4) is 0 Å². The third-order valence-corrected chi connectivity index (χ3v) is 9.49. The summed E-state index contributed by atoms with van der Waals surface area (Å²) in [6, 6.07) is 0. The van der Waals surface area contributed by atoms with Gasteiger partial charge in [-0.05, 0) is 99.2 Å². The van der Waals surface area contributed by atoms with Crippen molar-refractivity contribution in [2.75, 3.05) is 0 Å². The molecule has 4 saturated carbocycles. The van der Waals surface area contributed by atoms with E-state index >= 15 is 0 Å². The van der Waals surface area contributed by atoms with Crippen LogP contribution in [0.5, 0.6) is 0 Å². The van der Waals surface area contributed by atoms with Crippen LogP contribution >= 0.6 is 0 Å². The molecule has 1 nitrogen and oxygen atoms in total. The van der Waals surface area contributed by atoms with Crippen LogP contribution < -0.4 is 0 Å². The zero-order chi connectivity index (χ0) is 17.6. The highest BCUT2D eigenvalue weighted by Crippen LogP contribution is 2.63. The Morgan fingerprint density at radius 3 is 2.52 bits per heavy atom. The number of fused-ring (bicyclic) bond motifs is 5. The number of carbonyl (C=O) groups is 1. The van der Waals surface area contributed by atoms with Crippen molar-refractivity contribution < 1.29 is 4.79 Å². The Morgan fingerprint density at radius 2 is 1.76 bits per heavy atom. The summed E-state index contributed by atoms with van der Waals surface area (Å²) in [7, 11) is 0. The Hall–Kier alpha value is -0.330. The highest BCUT2D eigenvalue weighted by Gasteiger charge is 2.56. The van der Waals surface area contributed by atoms with Gasteiger partial charge in [0.2, 0.25) is 0 Å². The van der Waals surface area contributed by atoms with Gasteiger partial charge < -0.3 is 0 Å². The average Bonchev–Trinajstić information content (AvgIpc) is 2.60. The van der Waals surface area contributed by atoms with E-state index in [1.54, 1.807) is 6.42 Å². The lowest BCUT2D eigenvalue weighted by Crippen LogP contribution is -2.53. The van der Waals surface area contributed by atoms with Crippen LogP contribution in [0.1, 0.15) is 97.8 Å². The Bertz CT molecular complexity index is 496. The molecule has 4 fully saturated rings. The summed E-state index contributed by atoms with van der Waals surface area (Å²) in [4.78, 5) is 12.3. The Balaban J connectivity index is 1.51. The van der Waals surface area contributed by atoms with E-state index in [1.165, 1.54) is 70.6 Å². The first-order valence-corrected chi connectivity index (χ1v) is 11.5. The molecular weight excluding hydrogens is 304 g/mol. The van der Waals surface area contributed by atoms with Gasteiger partial charge >= 0.3 is 0 Å². The molecule has 0 radical (unpaired) electrons. The number of hydrogen-bond acceptors (Lipinski definition) is 1. The zero-order valence-corrected chi connectivity index (χ0v) is 16.9. The molecule has 0 aromatic carbocycles. The summed E-state index contributed by atoms with van der Waals surface area (Å²) in [5, 5.41) is 0. The summed E-state index contributed by atoms with van der Waals surface area (Å²) in [6.07, 6.45) is 17.1. The van der Waals surface area contributed by atoms with Crippen molar-refractivity contribution in [3.63, 3.8) is 0 Å². The molecule has 1 heteroatoms. The minimum Gasteiger partial charge on any atom is -0.300 e. The van der Waals surface area contributed by atoms with E-state index in [9.17, 15) is 4.79 Å². The fraction of sp³-hybridized carbons (Fsp3) is 0.958. The molecule has 0 saturated heterocycles. The van der Waals surface area contributed by atoms with Crippen molar-refractivity contribution in [2.45, 2.75) is 97.8 Å². The predicted octanol–water partition coefficient (Wildman–Crippen LogP) is 6.65. The number of Topliss-reactive ketones (excluding diaryl/α,β-unsaturated/α-hetero) is 1. The van der Waals surface area contributed by atoms with Gasteiger partial charge in [-0.1, -0.05) is 39.5 Å². The maximum Gasteiger partial charge on any atom is 0.133 e. The minimum atomic E-state index is 0.331. The first-order chi connectivity index (χ1) is 12.0. The molecule has 8 atom stereocenters. The maximum atomic E-state index is 12.3. The normalized spacial score (nSPS) is 49.6. The number of carbonyl (C=O) groups excluding carboxylic acids is 1. The fourth-order valence-corrected chi connectivity index (χ4v) is 8.48. The van der Waals surface area contributed by atoms with Crippen LogP contribution in [0.3, 0.4) is 0 Å². The van der Waals surface area contributed by atoms with Crippen LogP contribution in [-0.4, -0.2) is 5.78 Å². The highest BCUT2D eigenvalue weighted by atomic mass is 16.1. The van der Waals surface area contributed by atoms with Gasteiger partial charge in [-0.3, -0.25) is 4.79 Å². The molecule has 0 heterocycles. The van der Waals surface area contributed by atoms with Crippen LogP contribution in [0, 0.1) is 46.8 Å². The highest BCUT2D eigenvalue weighted by molar-refractivity contribution is 5.79. The van der Waals surface area contributed by atoms with Crippen LogP contribution in [-0.2, 0) is 4.79 Å². The van der Waals surface area contributed by atoms with E-state index < -0.39 is 0 Å². The van der Waals surface area contributed by atoms with Crippen LogP contribution in [0.25, 0.3) is 0 Å². The van der Waals surface area contributed by atoms with Gasteiger partial charge in [0.05, 0.1) is 0 Å². The topological polar surface area (TPSA) is 17.1 Å². The van der Waals surface area contributed by atoms with Crippen LogP contribution in [0.2, 0.25) is 0 Å². The lowest BCUT2D eigenvalue weighted by molar-refractivity contribution is -0.142. The first-order valence-electron chi connectivity index (χ1n) is 11.5. The largest absolute Gasteiger partial charge is 0.300 e. The van der Waals surface area contributed by atoms with Gasteiger partial charge in [0.1, 0.15) is 5.78 Å². The van der Waals surface area contributed by atoms with Crippen molar-refractivity contribution in [3.05, 3.63) is 0 Å². The second-order valence-corrected chi connectivity index (χ2v) is 10.5. The second kappa shape index (κ2) is 7.01. The maximum absolute atomic E-state index is 12.3. The summed E-state index contributed by atoms with van der Waals surface area (Å²) in [5.41, 5.74) is 0.331. The SMILES string of the molecule is CCC[C@H]1CC[C@H]2[C@@H](CC[C@@H]3[C@@H]2CC[C@]2(C)[C@@H](C(C)=O)CCC[C@@H]32)C1. The van der Waals surface area contributed by atoms with Gasteiger partial charge in [-0.25, -0.2) is 0 Å². The van der Waals surface area contributed by atoms with E-state index in [-0.39, 0.29) is 0 Å². The van der Waals surface area contributed by atoms with E-state index in [0.717, 1.165) is 35.5 Å². The lowest BCUT2D eigenvalue weighted by Gasteiger charge is -2.60. The van der Waals surface area contributed by atoms with Gasteiger partial charge in [-0.15, -0.1) is 0 Å². The molecular formula is C24H40O. The van der Waals surface area contributed by atoms with Crippen molar-refractivity contribution in [1.82, 2.24) is 0 Å². The van der Waals surface area contributed by atoms with E-state index in [4.69, 9.17) is 0 Å². The van der Waals surface area contributed by atoms with Crippen molar-refractivity contribution >= 4 is 5.78 Å². The monoisotopic (exact) mass is 344 g/mol. The summed E-state index contributed by atoms with van der Waals surface area (Å²) >= 11 is 0. The number of rotatable bonds is 3. The Kier molecular flexibility index (Phi) is 5.06. The summed E-state index contributed by atoms with van der Waals surface area (Å²) in [6.45, 7) is 6.74. The summed E-state index contributed by atoms with van der Waals surface area (Å²) < 4.78 is 0. The molecule has 0 aliphatic heterocycles. The standard InChI is InChI=1S/C24H40O/c1-4-6-17-9-11-19-18(15-17)10-12-21-20(19)13-14-24(3)22(16(2)25)7-5-8-23(21)24/h17-23H,4-15H2,1-3H3/t17-,18-,19-,20+,21+,22+,23-,24+/m0/s1. The van der Waals surface area contributed by atoms with Gasteiger partial charge in [-0.2, -0.15) is 0 Å². The molecule has 0 bridgehead atoms. The Morgan fingerprint density at radius 1 is 0.960 bits per heavy atom. The van der Waals surface area contributed by atoms with E-state index in [2.05, 4.69) is 13.8 Å². The molecule has 0 amide bonds. The second-order valence-electron chi connectivity index (χ2n) is 10.5. The molecule has 0 N–H and O–H groups in total.